The molecule has 0 aliphatic carbocycles. The Balaban J connectivity index is -0.000000367. The molecule has 0 aromatic rings. The Labute approximate surface area is 373 Å². The fourth-order valence-corrected chi connectivity index (χ4v) is 5.53. The zero-order valence-corrected chi connectivity index (χ0v) is 38.9. The summed E-state index contributed by atoms with van der Waals surface area (Å²) in [5.41, 5.74) is 0. The van der Waals surface area contributed by atoms with E-state index in [9.17, 15) is 18.9 Å². The van der Waals surface area contributed by atoms with Gasteiger partial charge in [-0.15, -0.1) is 9.05 Å². The topological polar surface area (TPSA) is 98.7 Å². The second-order valence-electron chi connectivity index (χ2n) is 12.0. The van der Waals surface area contributed by atoms with E-state index in [1.807, 2.05) is 0 Å². The molecule has 10 heteroatoms. The summed E-state index contributed by atoms with van der Waals surface area (Å²) >= 11 is 0. The average Bonchev–Trinajstić information content (AvgIpc) is 3.00. The molecule has 0 saturated heterocycles. The van der Waals surface area contributed by atoms with Crippen molar-refractivity contribution >= 4 is 16.5 Å². The van der Waals surface area contributed by atoms with Crippen LogP contribution in [0.25, 0.3) is 0 Å². The second-order valence-corrected chi connectivity index (χ2v) is 13.4. The quantitative estimate of drug-likeness (QED) is 0.0342. The van der Waals surface area contributed by atoms with Gasteiger partial charge in [0.05, 0.1) is 0 Å². The van der Waals surface area contributed by atoms with Crippen molar-refractivity contribution in [1.29, 1.82) is 0 Å². The summed E-state index contributed by atoms with van der Waals surface area (Å²) in [4.78, 5) is 20.3. The van der Waals surface area contributed by atoms with Crippen LogP contribution in [0.5, 0.6) is 0 Å². The number of hydrogen-bond acceptors (Lipinski definition) is 6. The molecule has 0 spiro atoms. The second kappa shape index (κ2) is 52.2. The van der Waals surface area contributed by atoms with Crippen LogP contribution >= 0.6 is 16.5 Å². The van der Waals surface area contributed by atoms with Crippen molar-refractivity contribution in [2.75, 3.05) is 13.2 Å². The molecule has 260 valence electrons. The molecule has 0 bridgehead atoms. The molecule has 0 rings (SSSR count). The molecular formula is C36H70K2O6P2+2. The van der Waals surface area contributed by atoms with Gasteiger partial charge in [-0.3, -0.25) is 0 Å². The van der Waals surface area contributed by atoms with Crippen LogP contribution < -0.4 is 113 Å². The van der Waals surface area contributed by atoms with Gasteiger partial charge in [0, 0.05) is 0 Å². The molecule has 0 fully saturated rings. The van der Waals surface area contributed by atoms with E-state index >= 15 is 0 Å². The van der Waals surface area contributed by atoms with Gasteiger partial charge in [-0.2, -0.15) is 0 Å². The molecule has 6 nitrogen and oxygen atoms in total. The molecule has 46 heavy (non-hydrogen) atoms. The van der Waals surface area contributed by atoms with Crippen LogP contribution in [-0.4, -0.2) is 13.2 Å². The fourth-order valence-electron chi connectivity index (χ4n) is 4.98. The van der Waals surface area contributed by atoms with Crippen LogP contribution in [0.3, 0.4) is 0 Å². The van der Waals surface area contributed by atoms with Gasteiger partial charge in [-0.1, -0.05) is 154 Å². The van der Waals surface area contributed by atoms with Crippen molar-refractivity contribution < 1.29 is 131 Å². The minimum Gasteiger partial charge on any atom is -0.566 e. The molecule has 0 heterocycles. The predicted molar refractivity (Wildman–Crippen MR) is 186 cm³/mol. The van der Waals surface area contributed by atoms with E-state index in [0.29, 0.717) is 13.2 Å². The molecule has 0 aliphatic heterocycles. The zero-order valence-electron chi connectivity index (χ0n) is 30.9. The van der Waals surface area contributed by atoms with Gasteiger partial charge >= 0.3 is 119 Å². The summed E-state index contributed by atoms with van der Waals surface area (Å²) in [6.07, 6.45) is 44.6. The van der Waals surface area contributed by atoms with Gasteiger partial charge in [0.25, 0.3) is 0 Å². The number of allylic oxidation sites excluding steroid dienone is 4. The maximum Gasteiger partial charge on any atom is 1.00 e. The number of rotatable bonds is 34. The third-order valence-corrected chi connectivity index (χ3v) is 8.49. The Kier molecular flexibility index (Phi) is 63.0. The monoisotopic (exact) mass is 738 g/mol. The molecule has 0 radical (unpaired) electrons. The van der Waals surface area contributed by atoms with Gasteiger partial charge in [0.1, 0.15) is 13.2 Å². The summed E-state index contributed by atoms with van der Waals surface area (Å²) in [6, 6.07) is 0. The van der Waals surface area contributed by atoms with Crippen LogP contribution in [0.2, 0.25) is 0 Å². The molecule has 0 aromatic heterocycles. The number of hydrogen-bond donors (Lipinski definition) is 0. The molecule has 2 atom stereocenters. The normalized spacial score (nSPS) is 11.7. The maximum absolute atomic E-state index is 10.2. The minimum atomic E-state index is -2.65. The molecule has 0 aliphatic rings. The predicted octanol–water partition coefficient (Wildman–Crippen LogP) is 6.12. The van der Waals surface area contributed by atoms with Gasteiger partial charge in [0.2, 0.25) is 0 Å². The van der Waals surface area contributed by atoms with Crippen molar-refractivity contribution in [2.24, 2.45) is 0 Å². The third kappa shape index (κ3) is 59.0. The largest absolute Gasteiger partial charge is 1.00 e. The first-order chi connectivity index (χ1) is 21.5. The van der Waals surface area contributed by atoms with Crippen LogP contribution in [0.1, 0.15) is 194 Å². The van der Waals surface area contributed by atoms with Gasteiger partial charge in [-0.05, 0) is 73.3 Å². The summed E-state index contributed by atoms with van der Waals surface area (Å²) in [6.45, 7) is 5.21. The maximum atomic E-state index is 10.2. The Morgan fingerprint density at radius 2 is 0.609 bits per heavy atom. The standard InChI is InChI=1S/2C18H35O3P.2K/c2*1-2-3-4-5-6-7-8-9-10-11-12-13-14-15-16-17-18-21-22(19)20;;/h2*9-10H,2-8,11-18H2,1H3;;/q;;2*+1. The summed E-state index contributed by atoms with van der Waals surface area (Å²) in [7, 11) is -5.30. The van der Waals surface area contributed by atoms with Gasteiger partial charge in [0.15, 0.2) is 0 Å². The van der Waals surface area contributed by atoms with Crippen LogP contribution in [0, 0.1) is 0 Å². The van der Waals surface area contributed by atoms with Gasteiger partial charge < -0.3 is 9.79 Å². The van der Waals surface area contributed by atoms with E-state index < -0.39 is 16.5 Å². The Morgan fingerprint density at radius 1 is 0.391 bits per heavy atom. The summed E-state index contributed by atoms with van der Waals surface area (Å²) < 4.78 is 29.3. The molecule has 2 unspecified atom stereocenters. The summed E-state index contributed by atoms with van der Waals surface area (Å²) in [5.74, 6) is 0. The SMILES string of the molecule is CCCCCCCCC=CCCCCCCCCO[P+](=O)[O-].CCCCCCCCC=CCCCCCCCCO[P+](=O)[O-].[K+].[K+]. The van der Waals surface area contributed by atoms with Crippen molar-refractivity contribution in [3.63, 3.8) is 0 Å². The van der Waals surface area contributed by atoms with Crippen molar-refractivity contribution in [1.82, 2.24) is 0 Å². The molecular weight excluding hydrogens is 669 g/mol. The van der Waals surface area contributed by atoms with E-state index in [4.69, 9.17) is 0 Å². The first kappa shape index (κ1) is 55.5. The zero-order chi connectivity index (χ0) is 32.6. The van der Waals surface area contributed by atoms with Crippen molar-refractivity contribution in [3.05, 3.63) is 24.3 Å². The van der Waals surface area contributed by atoms with Crippen LogP contribution in [0.15, 0.2) is 24.3 Å². The molecule has 0 N–H and O–H groups in total. The smallest absolute Gasteiger partial charge is 0.566 e. The number of unbranched alkanes of at least 4 members (excludes halogenated alkanes) is 24. The summed E-state index contributed by atoms with van der Waals surface area (Å²) in [5, 5.41) is 0. The van der Waals surface area contributed by atoms with E-state index in [2.05, 4.69) is 47.2 Å². The minimum absolute atomic E-state index is 0. The Hall–Kier alpha value is 2.79. The Bertz CT molecular complexity index is 600. The third-order valence-electron chi connectivity index (χ3n) is 7.71. The van der Waals surface area contributed by atoms with E-state index in [0.717, 1.165) is 25.7 Å². The molecule has 0 saturated carbocycles. The van der Waals surface area contributed by atoms with E-state index in [1.54, 1.807) is 0 Å². The molecule has 0 aromatic carbocycles. The van der Waals surface area contributed by atoms with E-state index in [-0.39, 0.29) is 103 Å². The van der Waals surface area contributed by atoms with Gasteiger partial charge in [-0.25, -0.2) is 0 Å². The Morgan fingerprint density at radius 3 is 0.848 bits per heavy atom. The first-order valence-electron chi connectivity index (χ1n) is 18.4. The van der Waals surface area contributed by atoms with Crippen LogP contribution in [-0.2, 0) is 18.2 Å². The fraction of sp³-hybridized carbons (Fsp3) is 0.889. The first-order valence-corrected chi connectivity index (χ1v) is 20.6. The average molecular weight is 739 g/mol. The van der Waals surface area contributed by atoms with Crippen molar-refractivity contribution in [2.45, 2.75) is 194 Å². The van der Waals surface area contributed by atoms with Crippen molar-refractivity contribution in [3.8, 4) is 0 Å². The van der Waals surface area contributed by atoms with Crippen LogP contribution in [0.4, 0.5) is 0 Å². The van der Waals surface area contributed by atoms with E-state index in [1.165, 1.54) is 154 Å². The molecule has 0 amide bonds.